The Labute approximate surface area is 162 Å². The fourth-order valence-electron chi connectivity index (χ4n) is 4.91. The van der Waals surface area contributed by atoms with E-state index >= 15 is 0 Å². The van der Waals surface area contributed by atoms with Crippen molar-refractivity contribution in [3.05, 3.63) is 35.4 Å². The molecule has 1 N–H and O–H groups in total. The van der Waals surface area contributed by atoms with Crippen LogP contribution in [0.15, 0.2) is 24.3 Å². The molecule has 6 nitrogen and oxygen atoms in total. The van der Waals surface area contributed by atoms with Gasteiger partial charge >= 0.3 is 0 Å². The van der Waals surface area contributed by atoms with E-state index in [2.05, 4.69) is 10.2 Å². The second kappa shape index (κ2) is 7.53. The molecule has 1 aromatic carbocycles. The molecule has 1 saturated heterocycles. The normalized spacial score (nSPS) is 29.1. The summed E-state index contributed by atoms with van der Waals surface area (Å²) in [7, 11) is -3.09. The van der Waals surface area contributed by atoms with E-state index in [1.165, 1.54) is 29.8 Å². The number of benzene rings is 1. The van der Waals surface area contributed by atoms with Gasteiger partial charge in [0.05, 0.1) is 6.26 Å². The van der Waals surface area contributed by atoms with Gasteiger partial charge in [-0.3, -0.25) is 9.69 Å². The minimum absolute atomic E-state index is 0.0425. The Kier molecular flexibility index (Phi) is 5.27. The molecule has 0 radical (unpaired) electrons. The van der Waals surface area contributed by atoms with Gasteiger partial charge in [-0.15, -0.1) is 0 Å². The SMILES string of the molecule is CS(=O)(=O)N1CCN(Cc2ccc(C(=O)NC3CC4CCC3C4)cc2)CC1. The molecule has 2 bridgehead atoms. The number of carbonyl (C=O) groups is 1. The summed E-state index contributed by atoms with van der Waals surface area (Å²) in [5, 5.41) is 3.23. The molecule has 148 valence electrons. The van der Waals surface area contributed by atoms with Gasteiger partial charge in [0, 0.05) is 44.3 Å². The second-order valence-electron chi connectivity index (χ2n) is 8.39. The number of amides is 1. The fraction of sp³-hybridized carbons (Fsp3) is 0.650. The molecular weight excluding hydrogens is 362 g/mol. The van der Waals surface area contributed by atoms with Crippen molar-refractivity contribution in [3.63, 3.8) is 0 Å². The van der Waals surface area contributed by atoms with Crippen LogP contribution in [0.5, 0.6) is 0 Å². The molecule has 7 heteroatoms. The Bertz CT molecular complexity index is 785. The molecule has 3 unspecified atom stereocenters. The van der Waals surface area contributed by atoms with E-state index in [1.54, 1.807) is 0 Å². The Morgan fingerprint density at radius 3 is 2.33 bits per heavy atom. The zero-order valence-corrected chi connectivity index (χ0v) is 16.7. The maximum atomic E-state index is 12.5. The molecule has 27 heavy (non-hydrogen) atoms. The molecule has 3 fully saturated rings. The van der Waals surface area contributed by atoms with Crippen molar-refractivity contribution in [3.8, 4) is 0 Å². The summed E-state index contributed by atoms with van der Waals surface area (Å²) in [5.74, 6) is 1.55. The third-order valence-corrected chi connectivity index (χ3v) is 7.78. The first-order chi connectivity index (χ1) is 12.9. The minimum Gasteiger partial charge on any atom is -0.349 e. The predicted molar refractivity (Wildman–Crippen MR) is 105 cm³/mol. The Balaban J connectivity index is 1.28. The van der Waals surface area contributed by atoms with Crippen LogP contribution >= 0.6 is 0 Å². The first kappa shape index (κ1) is 18.9. The number of rotatable bonds is 5. The predicted octanol–water partition coefficient (Wildman–Crippen LogP) is 1.68. The molecule has 1 aromatic rings. The van der Waals surface area contributed by atoms with Crippen LogP contribution in [0.25, 0.3) is 0 Å². The van der Waals surface area contributed by atoms with E-state index in [1.807, 2.05) is 24.3 Å². The van der Waals surface area contributed by atoms with Gasteiger partial charge in [0.15, 0.2) is 0 Å². The number of nitrogens with zero attached hydrogens (tertiary/aromatic N) is 2. The van der Waals surface area contributed by atoms with E-state index in [9.17, 15) is 13.2 Å². The quantitative estimate of drug-likeness (QED) is 0.829. The zero-order valence-electron chi connectivity index (χ0n) is 15.9. The lowest BCUT2D eigenvalue weighted by Crippen LogP contribution is -2.47. The van der Waals surface area contributed by atoms with Gasteiger partial charge in [0.2, 0.25) is 10.0 Å². The molecule has 1 aliphatic heterocycles. The maximum absolute atomic E-state index is 12.5. The highest BCUT2D eigenvalue weighted by molar-refractivity contribution is 7.88. The number of fused-ring (bicyclic) bond motifs is 2. The molecule has 0 aromatic heterocycles. The van der Waals surface area contributed by atoms with Gasteiger partial charge in [-0.1, -0.05) is 18.6 Å². The van der Waals surface area contributed by atoms with E-state index in [-0.39, 0.29) is 5.91 Å². The lowest BCUT2D eigenvalue weighted by Gasteiger charge is -2.33. The van der Waals surface area contributed by atoms with Gasteiger partial charge in [-0.05, 0) is 48.8 Å². The summed E-state index contributed by atoms with van der Waals surface area (Å²) >= 11 is 0. The van der Waals surface area contributed by atoms with Gasteiger partial charge in [0.25, 0.3) is 5.91 Å². The van der Waals surface area contributed by atoms with E-state index in [4.69, 9.17) is 0 Å². The van der Waals surface area contributed by atoms with Crippen LogP contribution < -0.4 is 5.32 Å². The highest BCUT2D eigenvalue weighted by atomic mass is 32.2. The summed E-state index contributed by atoms with van der Waals surface area (Å²) in [5.41, 5.74) is 1.88. The fourth-order valence-corrected chi connectivity index (χ4v) is 5.74. The van der Waals surface area contributed by atoms with Gasteiger partial charge in [-0.2, -0.15) is 4.31 Å². The summed E-state index contributed by atoms with van der Waals surface area (Å²) in [6, 6.07) is 8.20. The first-order valence-corrected chi connectivity index (χ1v) is 11.8. The zero-order chi connectivity index (χ0) is 19.0. The van der Waals surface area contributed by atoms with Crippen molar-refractivity contribution in [2.45, 2.75) is 38.3 Å². The maximum Gasteiger partial charge on any atom is 0.251 e. The lowest BCUT2D eigenvalue weighted by molar-refractivity contribution is 0.0923. The van der Waals surface area contributed by atoms with Crippen LogP contribution in [0.4, 0.5) is 0 Å². The average Bonchev–Trinajstić information content (AvgIpc) is 3.25. The van der Waals surface area contributed by atoms with Crippen molar-refractivity contribution in [1.29, 1.82) is 0 Å². The van der Waals surface area contributed by atoms with E-state index in [0.29, 0.717) is 25.0 Å². The van der Waals surface area contributed by atoms with Crippen molar-refractivity contribution >= 4 is 15.9 Å². The Morgan fingerprint density at radius 1 is 1.07 bits per heavy atom. The standard InChI is InChI=1S/C20H29N3O3S/c1-27(25,26)23-10-8-22(9-11-23)14-15-2-5-17(6-3-15)20(24)21-19-13-16-4-7-18(19)12-16/h2-3,5-6,16,18-19H,4,7-14H2,1H3,(H,21,24). The van der Waals surface area contributed by atoms with Gasteiger partial charge in [0.1, 0.15) is 0 Å². The molecule has 4 rings (SSSR count). The van der Waals surface area contributed by atoms with Crippen molar-refractivity contribution in [2.24, 2.45) is 11.8 Å². The number of carbonyl (C=O) groups excluding carboxylic acids is 1. The smallest absolute Gasteiger partial charge is 0.251 e. The van der Waals surface area contributed by atoms with Crippen LogP contribution in [0, 0.1) is 11.8 Å². The van der Waals surface area contributed by atoms with E-state index in [0.717, 1.165) is 43.1 Å². The number of hydrogen-bond donors (Lipinski definition) is 1. The van der Waals surface area contributed by atoms with Crippen LogP contribution in [-0.4, -0.2) is 62.0 Å². The van der Waals surface area contributed by atoms with Crippen LogP contribution in [-0.2, 0) is 16.6 Å². The Morgan fingerprint density at radius 2 is 1.78 bits per heavy atom. The monoisotopic (exact) mass is 391 g/mol. The molecule has 3 atom stereocenters. The Hall–Kier alpha value is -1.44. The van der Waals surface area contributed by atoms with Crippen molar-refractivity contribution in [1.82, 2.24) is 14.5 Å². The molecule has 2 saturated carbocycles. The molecular formula is C20H29N3O3S. The van der Waals surface area contributed by atoms with Gasteiger partial charge in [-0.25, -0.2) is 8.42 Å². The second-order valence-corrected chi connectivity index (χ2v) is 10.4. The van der Waals surface area contributed by atoms with Crippen LogP contribution in [0.1, 0.15) is 41.6 Å². The first-order valence-electron chi connectivity index (χ1n) is 9.96. The topological polar surface area (TPSA) is 69.7 Å². The molecule has 1 heterocycles. The summed E-state index contributed by atoms with van der Waals surface area (Å²) in [6.45, 7) is 3.34. The summed E-state index contributed by atoms with van der Waals surface area (Å²) < 4.78 is 24.7. The molecule has 0 spiro atoms. The van der Waals surface area contributed by atoms with E-state index < -0.39 is 10.0 Å². The van der Waals surface area contributed by atoms with Crippen molar-refractivity contribution in [2.75, 3.05) is 32.4 Å². The molecule has 1 amide bonds. The molecule has 3 aliphatic rings. The highest BCUT2D eigenvalue weighted by Crippen LogP contribution is 2.44. The van der Waals surface area contributed by atoms with Crippen LogP contribution in [0.3, 0.4) is 0 Å². The number of nitrogens with one attached hydrogen (secondary N) is 1. The average molecular weight is 392 g/mol. The lowest BCUT2D eigenvalue weighted by atomic mass is 9.95. The third kappa shape index (κ3) is 4.36. The largest absolute Gasteiger partial charge is 0.349 e. The highest BCUT2D eigenvalue weighted by Gasteiger charge is 2.40. The third-order valence-electron chi connectivity index (χ3n) is 6.48. The number of piperazine rings is 1. The minimum atomic E-state index is -3.09. The van der Waals surface area contributed by atoms with Crippen LogP contribution in [0.2, 0.25) is 0 Å². The number of hydrogen-bond acceptors (Lipinski definition) is 4. The summed E-state index contributed by atoms with van der Waals surface area (Å²) in [4.78, 5) is 14.8. The number of sulfonamides is 1. The van der Waals surface area contributed by atoms with Gasteiger partial charge < -0.3 is 5.32 Å². The summed E-state index contributed by atoms with van der Waals surface area (Å²) in [6.07, 6.45) is 6.30. The van der Waals surface area contributed by atoms with Crippen molar-refractivity contribution < 1.29 is 13.2 Å². The molecule has 2 aliphatic carbocycles.